The Hall–Kier alpha value is -8.14. The van der Waals surface area contributed by atoms with E-state index in [-0.39, 0.29) is 6.04 Å². The largest absolute Gasteiger partial charge is 0.454 e. The van der Waals surface area contributed by atoms with Gasteiger partial charge in [-0.15, -0.1) is 0 Å². The summed E-state index contributed by atoms with van der Waals surface area (Å²) < 4.78 is 9.13. The molecule has 0 N–H and O–H groups in total. The topological polar surface area (TPSA) is 21.3 Å². The number of furan rings is 1. The van der Waals surface area contributed by atoms with Crippen LogP contribution in [0.4, 0.5) is 11.4 Å². The van der Waals surface area contributed by atoms with Gasteiger partial charge in [0.2, 0.25) is 0 Å². The Kier molecular flexibility index (Phi) is 8.04. The van der Waals surface area contributed by atoms with Crippen molar-refractivity contribution >= 4 is 88.8 Å². The number of benzene rings is 10. The minimum Gasteiger partial charge on any atom is -0.454 e. The van der Waals surface area contributed by atoms with E-state index in [4.69, 9.17) is 4.42 Å². The third-order valence-electron chi connectivity index (χ3n) is 13.3. The second kappa shape index (κ2) is 14.2. The first-order valence-electron chi connectivity index (χ1n) is 21.9. The van der Waals surface area contributed by atoms with Gasteiger partial charge in [0.25, 0.3) is 0 Å². The lowest BCUT2D eigenvalue weighted by Gasteiger charge is -2.33. The number of hydrogen-bond acceptors (Lipinski definition) is 2. The van der Waals surface area contributed by atoms with Gasteiger partial charge in [-0.2, -0.15) is 0 Å². The molecule has 10 aromatic carbocycles. The zero-order chi connectivity index (χ0) is 41.4. The summed E-state index contributed by atoms with van der Waals surface area (Å²) in [5.41, 5.74) is 12.3. The maximum Gasteiger partial charge on any atom is 0.159 e. The van der Waals surface area contributed by atoms with E-state index in [1.165, 1.54) is 76.0 Å². The number of anilines is 2. The number of hydrogen-bond donors (Lipinski definition) is 0. The van der Waals surface area contributed by atoms with Gasteiger partial charge in [0.15, 0.2) is 5.58 Å². The Bertz CT molecular complexity index is 3880. The van der Waals surface area contributed by atoms with Crippen LogP contribution in [-0.2, 0) is 0 Å². The van der Waals surface area contributed by atoms with E-state index in [2.05, 4.69) is 234 Å². The summed E-state index contributed by atoms with van der Waals surface area (Å²) >= 11 is 0. The molecule has 2 heterocycles. The lowest BCUT2D eigenvalue weighted by Crippen LogP contribution is -2.38. The Labute approximate surface area is 364 Å². The highest BCUT2D eigenvalue weighted by molar-refractivity contribution is 6.12. The molecule has 296 valence electrons. The van der Waals surface area contributed by atoms with E-state index < -0.39 is 0 Å². The van der Waals surface area contributed by atoms with Crippen LogP contribution in [0.2, 0.25) is 0 Å². The average molecular weight is 805 g/mol. The summed E-state index contributed by atoms with van der Waals surface area (Å²) in [5.74, 6) is 0. The Morgan fingerprint density at radius 2 is 0.984 bits per heavy atom. The molecule has 0 spiro atoms. The Balaban J connectivity index is 0.939. The van der Waals surface area contributed by atoms with Crippen LogP contribution in [0.5, 0.6) is 0 Å². The third kappa shape index (κ3) is 5.67. The van der Waals surface area contributed by atoms with Crippen LogP contribution < -0.4 is 15.3 Å². The number of aromatic nitrogens is 1. The average Bonchev–Trinajstić information content (AvgIpc) is 3.91. The first-order valence-corrected chi connectivity index (χ1v) is 21.9. The predicted octanol–water partition coefficient (Wildman–Crippen LogP) is 14.5. The standard InChI is InChI=1S/C60H40N2O/c1-2-13-39(14-3-1)40-25-32-44(33-26-40)62-56-22-10-8-19-51(56)55-37-42(29-36-57(55)62)41-27-30-43(31-28-41)61(58-23-12-21-53-52-20-9-11-24-59(52)63-60(53)58)45-34-35-50-48-17-5-4-15-46(48)47-16-6-7-18-49(47)54(50)38-45/h1-33,35-38,45H,34H2. The molecule has 1 aliphatic carbocycles. The molecule has 3 nitrogen and oxygen atoms in total. The highest BCUT2D eigenvalue weighted by atomic mass is 16.3. The monoisotopic (exact) mass is 804 g/mol. The number of fused-ring (bicyclic) bond motifs is 12. The zero-order valence-corrected chi connectivity index (χ0v) is 34.4. The van der Waals surface area contributed by atoms with Crippen molar-refractivity contribution in [3.05, 3.63) is 223 Å². The molecule has 0 bridgehead atoms. The molecule has 2 aromatic heterocycles. The smallest absolute Gasteiger partial charge is 0.159 e. The number of nitrogens with zero attached hydrogens (tertiary/aromatic N) is 2. The summed E-state index contributed by atoms with van der Waals surface area (Å²) in [6.07, 6.45) is 5.81. The number of para-hydroxylation sites is 3. The molecule has 0 amide bonds. The van der Waals surface area contributed by atoms with Crippen LogP contribution in [0.1, 0.15) is 6.42 Å². The molecule has 3 heteroatoms. The minimum atomic E-state index is 0.0379. The molecule has 13 rings (SSSR count). The second-order valence-corrected chi connectivity index (χ2v) is 16.8. The Morgan fingerprint density at radius 3 is 1.76 bits per heavy atom. The van der Waals surface area contributed by atoms with Crippen molar-refractivity contribution in [2.75, 3.05) is 4.90 Å². The molecule has 1 unspecified atom stereocenters. The van der Waals surface area contributed by atoms with Crippen LogP contribution >= 0.6 is 0 Å². The van der Waals surface area contributed by atoms with Gasteiger partial charge in [0, 0.05) is 32.9 Å². The predicted molar refractivity (Wildman–Crippen MR) is 266 cm³/mol. The van der Waals surface area contributed by atoms with Crippen molar-refractivity contribution in [3.63, 3.8) is 0 Å². The lowest BCUT2D eigenvalue weighted by atomic mass is 9.92. The van der Waals surface area contributed by atoms with E-state index in [1.807, 2.05) is 0 Å². The van der Waals surface area contributed by atoms with Crippen molar-refractivity contribution in [2.24, 2.45) is 0 Å². The maximum atomic E-state index is 6.74. The molecule has 0 radical (unpaired) electrons. The molecular formula is C60H40N2O. The molecule has 0 saturated heterocycles. The van der Waals surface area contributed by atoms with Gasteiger partial charge in [-0.1, -0.05) is 170 Å². The molecular weight excluding hydrogens is 765 g/mol. The normalized spacial score (nSPS) is 13.7. The number of rotatable bonds is 6. The van der Waals surface area contributed by atoms with Gasteiger partial charge >= 0.3 is 0 Å². The van der Waals surface area contributed by atoms with Crippen LogP contribution in [0.25, 0.3) is 105 Å². The van der Waals surface area contributed by atoms with E-state index >= 15 is 0 Å². The van der Waals surface area contributed by atoms with Gasteiger partial charge < -0.3 is 13.9 Å². The van der Waals surface area contributed by atoms with Gasteiger partial charge in [-0.25, -0.2) is 0 Å². The quantitative estimate of drug-likeness (QED) is 0.156. The molecule has 1 atom stereocenters. The van der Waals surface area contributed by atoms with Crippen LogP contribution in [0, 0.1) is 0 Å². The molecule has 63 heavy (non-hydrogen) atoms. The van der Waals surface area contributed by atoms with Crippen LogP contribution in [0.3, 0.4) is 0 Å². The first kappa shape index (κ1) is 35.6. The maximum absolute atomic E-state index is 6.74. The molecule has 0 saturated carbocycles. The fourth-order valence-electron chi connectivity index (χ4n) is 10.4. The third-order valence-corrected chi connectivity index (χ3v) is 13.3. The van der Waals surface area contributed by atoms with E-state index in [0.717, 1.165) is 45.4 Å². The Morgan fingerprint density at radius 1 is 0.413 bits per heavy atom. The fraction of sp³-hybridized carbons (Fsp3) is 0.0333. The van der Waals surface area contributed by atoms with Gasteiger partial charge in [-0.05, 0) is 115 Å². The highest BCUT2D eigenvalue weighted by Crippen LogP contribution is 2.42. The summed E-state index contributed by atoms with van der Waals surface area (Å²) in [6, 6.07) is 77.1. The summed E-state index contributed by atoms with van der Waals surface area (Å²) in [4.78, 5) is 2.50. The lowest BCUT2D eigenvalue weighted by molar-refractivity contribution is 0.666. The van der Waals surface area contributed by atoms with Crippen molar-refractivity contribution in [3.8, 4) is 27.9 Å². The molecule has 12 aromatic rings. The molecule has 0 aliphatic heterocycles. The van der Waals surface area contributed by atoms with Crippen molar-refractivity contribution in [1.29, 1.82) is 0 Å². The summed E-state index contributed by atoms with van der Waals surface area (Å²) in [7, 11) is 0. The van der Waals surface area contributed by atoms with Gasteiger partial charge in [-0.3, -0.25) is 0 Å². The van der Waals surface area contributed by atoms with E-state index in [0.29, 0.717) is 0 Å². The van der Waals surface area contributed by atoms with Crippen LogP contribution in [-0.4, -0.2) is 10.6 Å². The SMILES string of the molecule is C1=c2c(c3ccccc3c3ccccc23)=CC(N(c2ccc(-c3ccc4c(c3)c3ccccc3n4-c3ccc(-c4ccccc4)cc3)cc2)c2cccc3c2oc2ccccc23)C1. The van der Waals surface area contributed by atoms with Gasteiger partial charge in [0.05, 0.1) is 22.8 Å². The fourth-order valence-corrected chi connectivity index (χ4v) is 10.4. The summed E-state index contributed by atoms with van der Waals surface area (Å²) in [6.45, 7) is 0. The minimum absolute atomic E-state index is 0.0379. The summed E-state index contributed by atoms with van der Waals surface area (Å²) in [5, 5.41) is 12.5. The van der Waals surface area contributed by atoms with Crippen molar-refractivity contribution in [2.45, 2.75) is 12.5 Å². The zero-order valence-electron chi connectivity index (χ0n) is 34.4. The first-order chi connectivity index (χ1) is 31.2. The van der Waals surface area contributed by atoms with Crippen molar-refractivity contribution < 1.29 is 4.42 Å². The second-order valence-electron chi connectivity index (χ2n) is 16.8. The van der Waals surface area contributed by atoms with Crippen LogP contribution in [0.15, 0.2) is 217 Å². The highest BCUT2D eigenvalue weighted by Gasteiger charge is 2.25. The van der Waals surface area contributed by atoms with Crippen molar-refractivity contribution in [1.82, 2.24) is 4.57 Å². The van der Waals surface area contributed by atoms with E-state index in [9.17, 15) is 0 Å². The van der Waals surface area contributed by atoms with Gasteiger partial charge in [0.1, 0.15) is 5.58 Å². The molecule has 1 aliphatic rings. The van der Waals surface area contributed by atoms with E-state index in [1.54, 1.807) is 0 Å². The molecule has 0 fully saturated rings.